The minimum atomic E-state index is 0.643. The lowest BCUT2D eigenvalue weighted by atomic mass is 10.0. The summed E-state index contributed by atoms with van der Waals surface area (Å²) in [5.74, 6) is 0. The molecule has 0 amide bonds. The second kappa shape index (κ2) is 22.1. The Kier molecular flexibility index (Phi) is 20.3. The van der Waals surface area contributed by atoms with Crippen LogP contribution < -0.4 is 0 Å². The van der Waals surface area contributed by atoms with Crippen molar-refractivity contribution in [1.29, 1.82) is 0 Å². The first-order valence-corrected chi connectivity index (χ1v) is 15.0. The van der Waals surface area contributed by atoms with Crippen molar-refractivity contribution in [2.45, 2.75) is 168 Å². The summed E-state index contributed by atoms with van der Waals surface area (Å²) in [5.41, 5.74) is 0. The molecule has 0 fully saturated rings. The van der Waals surface area contributed by atoms with E-state index in [0.717, 1.165) is 0 Å². The van der Waals surface area contributed by atoms with Crippen molar-refractivity contribution in [1.82, 2.24) is 9.80 Å². The van der Waals surface area contributed by atoms with E-state index in [0.29, 0.717) is 6.17 Å². The second-order valence-corrected chi connectivity index (χ2v) is 10.4. The Hall–Kier alpha value is -0.660. The van der Waals surface area contributed by atoms with Crippen molar-refractivity contribution in [3.05, 3.63) is 12.4 Å². The second-order valence-electron chi connectivity index (χ2n) is 10.4. The van der Waals surface area contributed by atoms with Gasteiger partial charge in [0, 0.05) is 25.5 Å². The molecule has 1 aliphatic rings. The van der Waals surface area contributed by atoms with Gasteiger partial charge in [-0.1, -0.05) is 136 Å². The average Bonchev–Trinajstić information content (AvgIpc) is 3.19. The third-order valence-electron chi connectivity index (χ3n) is 7.32. The van der Waals surface area contributed by atoms with E-state index in [1.165, 1.54) is 154 Å². The Morgan fingerprint density at radius 1 is 0.406 bits per heavy atom. The van der Waals surface area contributed by atoms with Crippen LogP contribution in [-0.4, -0.2) is 29.1 Å². The predicted molar refractivity (Wildman–Crippen MR) is 145 cm³/mol. The molecule has 1 unspecified atom stereocenters. The molecule has 0 spiro atoms. The van der Waals surface area contributed by atoms with Crippen LogP contribution in [0, 0.1) is 0 Å². The van der Waals surface area contributed by atoms with E-state index >= 15 is 0 Å². The van der Waals surface area contributed by atoms with Crippen LogP contribution in [0.1, 0.15) is 162 Å². The van der Waals surface area contributed by atoms with Crippen LogP contribution in [0.2, 0.25) is 0 Å². The maximum Gasteiger partial charge on any atom is 0.101 e. The Labute approximate surface area is 203 Å². The summed E-state index contributed by atoms with van der Waals surface area (Å²) in [5, 5.41) is 0. The van der Waals surface area contributed by atoms with Gasteiger partial charge in [-0.15, -0.1) is 0 Å². The Bertz CT molecular complexity index is 406. The molecule has 0 N–H and O–H groups in total. The molecule has 0 aromatic heterocycles. The smallest absolute Gasteiger partial charge is 0.101 e. The molecule has 32 heavy (non-hydrogen) atoms. The maximum absolute atomic E-state index is 2.67. The summed E-state index contributed by atoms with van der Waals surface area (Å²) in [7, 11) is 0. The fraction of sp³-hybridized carbons (Fsp3) is 0.933. The summed E-state index contributed by atoms with van der Waals surface area (Å²) in [6.07, 6.45) is 36.6. The molecule has 0 saturated heterocycles. The highest BCUT2D eigenvalue weighted by atomic mass is 15.4. The van der Waals surface area contributed by atoms with Gasteiger partial charge in [0.2, 0.25) is 0 Å². The molecule has 1 atom stereocenters. The lowest BCUT2D eigenvalue weighted by Gasteiger charge is -2.33. The zero-order chi connectivity index (χ0) is 23.1. The highest BCUT2D eigenvalue weighted by molar-refractivity contribution is 4.96. The SMILES string of the molecule is CCCCCCCCCCCCN1C=CN(CCCC)C1CCCCCCCCCCC. The third kappa shape index (κ3) is 15.2. The van der Waals surface area contributed by atoms with Crippen molar-refractivity contribution in [3.63, 3.8) is 0 Å². The maximum atomic E-state index is 2.67. The molecule has 1 rings (SSSR count). The molecule has 190 valence electrons. The summed E-state index contributed by atoms with van der Waals surface area (Å²) in [6, 6.07) is 0. The lowest BCUT2D eigenvalue weighted by Crippen LogP contribution is -2.39. The minimum Gasteiger partial charge on any atom is -0.356 e. The standard InChI is InChI=1S/C30H60N2/c1-4-7-10-12-14-16-18-20-22-24-27-32-29-28-31(26-9-6-3)30(32)25-23-21-19-17-15-13-11-8-5-2/h28-30H,4-27H2,1-3H3. The molecule has 0 aromatic rings. The van der Waals surface area contributed by atoms with E-state index in [-0.39, 0.29) is 0 Å². The number of rotatable bonds is 24. The average molecular weight is 449 g/mol. The highest BCUT2D eigenvalue weighted by Crippen LogP contribution is 2.23. The zero-order valence-corrected chi connectivity index (χ0v) is 22.6. The van der Waals surface area contributed by atoms with Crippen molar-refractivity contribution in [2.75, 3.05) is 13.1 Å². The van der Waals surface area contributed by atoms with Gasteiger partial charge in [0.15, 0.2) is 0 Å². The van der Waals surface area contributed by atoms with Crippen LogP contribution in [0.5, 0.6) is 0 Å². The number of hydrogen-bond donors (Lipinski definition) is 0. The number of hydrogen-bond acceptors (Lipinski definition) is 2. The van der Waals surface area contributed by atoms with E-state index in [1.54, 1.807) is 0 Å². The van der Waals surface area contributed by atoms with Gasteiger partial charge >= 0.3 is 0 Å². The topological polar surface area (TPSA) is 6.48 Å². The quantitative estimate of drug-likeness (QED) is 0.135. The molecular weight excluding hydrogens is 388 g/mol. The monoisotopic (exact) mass is 448 g/mol. The van der Waals surface area contributed by atoms with Crippen LogP contribution in [0.4, 0.5) is 0 Å². The van der Waals surface area contributed by atoms with Crippen LogP contribution in [0.15, 0.2) is 12.4 Å². The molecule has 2 nitrogen and oxygen atoms in total. The highest BCUT2D eigenvalue weighted by Gasteiger charge is 2.24. The van der Waals surface area contributed by atoms with Crippen molar-refractivity contribution >= 4 is 0 Å². The van der Waals surface area contributed by atoms with Gasteiger partial charge in [0.05, 0.1) is 0 Å². The molecule has 0 bridgehead atoms. The van der Waals surface area contributed by atoms with Crippen molar-refractivity contribution in [2.24, 2.45) is 0 Å². The van der Waals surface area contributed by atoms with Gasteiger partial charge < -0.3 is 9.80 Å². The van der Waals surface area contributed by atoms with Crippen LogP contribution in [0.25, 0.3) is 0 Å². The van der Waals surface area contributed by atoms with Gasteiger partial charge in [-0.3, -0.25) is 0 Å². The van der Waals surface area contributed by atoms with E-state index in [4.69, 9.17) is 0 Å². The third-order valence-corrected chi connectivity index (χ3v) is 7.32. The van der Waals surface area contributed by atoms with Crippen LogP contribution in [-0.2, 0) is 0 Å². The predicted octanol–water partition coefficient (Wildman–Crippen LogP) is 10.0. The number of unbranched alkanes of at least 4 members (excludes halogenated alkanes) is 18. The lowest BCUT2D eigenvalue weighted by molar-refractivity contribution is 0.136. The molecule has 1 aliphatic heterocycles. The minimum absolute atomic E-state index is 0.643. The zero-order valence-electron chi connectivity index (χ0n) is 22.6. The summed E-state index contributed by atoms with van der Waals surface area (Å²) >= 11 is 0. The first-order chi connectivity index (χ1) is 15.8. The van der Waals surface area contributed by atoms with Crippen LogP contribution >= 0.6 is 0 Å². The molecule has 0 aliphatic carbocycles. The van der Waals surface area contributed by atoms with E-state index in [2.05, 4.69) is 43.0 Å². The fourth-order valence-corrected chi connectivity index (χ4v) is 5.10. The van der Waals surface area contributed by atoms with E-state index < -0.39 is 0 Å². The molecular formula is C30H60N2. The number of nitrogens with zero attached hydrogens (tertiary/aromatic N) is 2. The summed E-state index contributed by atoms with van der Waals surface area (Å²) < 4.78 is 0. The molecule has 0 aromatic carbocycles. The summed E-state index contributed by atoms with van der Waals surface area (Å²) in [4.78, 5) is 5.32. The molecule has 0 radical (unpaired) electrons. The van der Waals surface area contributed by atoms with Gasteiger partial charge in [-0.05, 0) is 25.7 Å². The van der Waals surface area contributed by atoms with Crippen molar-refractivity contribution in [3.8, 4) is 0 Å². The fourth-order valence-electron chi connectivity index (χ4n) is 5.10. The van der Waals surface area contributed by atoms with E-state index in [1.807, 2.05) is 0 Å². The van der Waals surface area contributed by atoms with Crippen molar-refractivity contribution < 1.29 is 0 Å². The Balaban J connectivity index is 2.15. The van der Waals surface area contributed by atoms with E-state index in [9.17, 15) is 0 Å². The molecule has 1 heterocycles. The van der Waals surface area contributed by atoms with Gasteiger partial charge in [0.25, 0.3) is 0 Å². The summed E-state index contributed by atoms with van der Waals surface area (Å²) in [6.45, 7) is 9.43. The van der Waals surface area contributed by atoms with Gasteiger partial charge in [-0.2, -0.15) is 0 Å². The first kappa shape index (κ1) is 29.4. The van der Waals surface area contributed by atoms with Gasteiger partial charge in [0.1, 0.15) is 6.17 Å². The first-order valence-electron chi connectivity index (χ1n) is 15.0. The Morgan fingerprint density at radius 2 is 0.750 bits per heavy atom. The molecule has 2 heteroatoms. The largest absolute Gasteiger partial charge is 0.356 e. The Morgan fingerprint density at radius 3 is 1.19 bits per heavy atom. The normalized spacial score (nSPS) is 15.9. The molecule has 0 saturated carbocycles. The van der Waals surface area contributed by atoms with Gasteiger partial charge in [-0.25, -0.2) is 0 Å². The van der Waals surface area contributed by atoms with Crippen LogP contribution in [0.3, 0.4) is 0 Å².